The van der Waals surface area contributed by atoms with E-state index in [2.05, 4.69) is 5.10 Å². The number of fused-ring (bicyclic) bond motifs is 1. The number of nitrogens with zero attached hydrogens (tertiary/aromatic N) is 3. The second-order valence-electron chi connectivity index (χ2n) is 10.4. The van der Waals surface area contributed by atoms with Gasteiger partial charge in [0.15, 0.2) is 11.8 Å². The molecular formula is C31H37N3O9. The van der Waals surface area contributed by atoms with Crippen LogP contribution in [0.5, 0.6) is 5.75 Å². The Morgan fingerprint density at radius 3 is 2.00 bits per heavy atom. The second kappa shape index (κ2) is 13.5. The quantitative estimate of drug-likeness (QED) is 0.316. The molecule has 4 N–H and O–H groups in total. The van der Waals surface area contributed by atoms with Gasteiger partial charge in [0, 0.05) is 18.5 Å². The lowest BCUT2D eigenvalue weighted by Crippen LogP contribution is -2.61. The Balaban J connectivity index is 0.00000207. The number of carbonyl (C=O) groups excluding carboxylic acids is 1. The van der Waals surface area contributed by atoms with Gasteiger partial charge in [0.05, 0.1) is 12.2 Å². The van der Waals surface area contributed by atoms with Crippen LogP contribution in [0.15, 0.2) is 71.7 Å². The van der Waals surface area contributed by atoms with E-state index >= 15 is 0 Å². The summed E-state index contributed by atoms with van der Waals surface area (Å²) in [5.74, 6) is -2.99. The molecule has 0 radical (unpaired) electrons. The number of rotatable bonds is 7. The number of hydrogen-bond donors (Lipinski definition) is 4. The average Bonchev–Trinajstić information content (AvgIpc) is 3.01. The predicted octanol–water partition coefficient (Wildman–Crippen LogP) is 1.78. The zero-order valence-corrected chi connectivity index (χ0v) is 24.3. The van der Waals surface area contributed by atoms with E-state index in [1.165, 1.54) is 4.68 Å². The summed E-state index contributed by atoms with van der Waals surface area (Å²) in [6.07, 6.45) is -8.68. The zero-order valence-electron chi connectivity index (χ0n) is 24.3. The highest BCUT2D eigenvalue weighted by Crippen LogP contribution is 2.40. The van der Waals surface area contributed by atoms with Gasteiger partial charge >= 0.3 is 5.97 Å². The zero-order chi connectivity index (χ0) is 31.4. The third-order valence-corrected chi connectivity index (χ3v) is 7.50. The van der Waals surface area contributed by atoms with Crippen LogP contribution in [0.25, 0.3) is 0 Å². The normalized spacial score (nSPS) is 25.1. The summed E-state index contributed by atoms with van der Waals surface area (Å²) in [5, 5.41) is 44.6. The molecule has 5 rings (SSSR count). The number of aliphatic hydroxyl groups excluding tert-OH is 3. The summed E-state index contributed by atoms with van der Waals surface area (Å²) in [6.45, 7) is 7.92. The molecule has 0 aliphatic carbocycles. The number of aliphatic carboxylic acids is 1. The molecule has 1 amide bonds. The minimum absolute atomic E-state index is 0.206. The van der Waals surface area contributed by atoms with Crippen LogP contribution in [0.1, 0.15) is 61.3 Å². The molecule has 0 bridgehead atoms. The van der Waals surface area contributed by atoms with Crippen LogP contribution in [0.4, 0.5) is 0 Å². The molecule has 0 saturated carbocycles. The number of aromatic nitrogens is 2. The molecule has 1 fully saturated rings. The first-order chi connectivity index (χ1) is 20.6. The van der Waals surface area contributed by atoms with Crippen molar-refractivity contribution in [2.45, 2.75) is 76.4 Å². The average molecular weight is 596 g/mol. The molecule has 2 aromatic carbocycles. The number of carboxylic acid groups (broad SMARTS) is 1. The summed E-state index contributed by atoms with van der Waals surface area (Å²) >= 11 is 0. The van der Waals surface area contributed by atoms with E-state index in [-0.39, 0.29) is 24.2 Å². The molecule has 6 atom stereocenters. The summed E-state index contributed by atoms with van der Waals surface area (Å²) in [5.41, 5.74) is 0.877. The summed E-state index contributed by atoms with van der Waals surface area (Å²) < 4.78 is 12.4. The van der Waals surface area contributed by atoms with Gasteiger partial charge in [-0.2, -0.15) is 5.10 Å². The Labute approximate surface area is 248 Å². The Bertz CT molecular complexity index is 1420. The molecule has 43 heavy (non-hydrogen) atoms. The Hall–Kier alpha value is -4.10. The van der Waals surface area contributed by atoms with Crippen molar-refractivity contribution in [2.24, 2.45) is 0 Å². The molecule has 0 spiro atoms. The Morgan fingerprint density at radius 1 is 0.930 bits per heavy atom. The summed E-state index contributed by atoms with van der Waals surface area (Å²) in [7, 11) is 0. The van der Waals surface area contributed by atoms with Crippen LogP contribution in [0.3, 0.4) is 0 Å². The number of aliphatic hydroxyl groups is 3. The number of ether oxygens (including phenoxy) is 2. The molecule has 2 aliphatic rings. The summed E-state index contributed by atoms with van der Waals surface area (Å²) in [6, 6.07) is 18.5. The molecule has 3 unspecified atom stereocenters. The molecular weight excluding hydrogens is 558 g/mol. The van der Waals surface area contributed by atoms with E-state index in [1.807, 2.05) is 88.4 Å². The number of carboxylic acids is 1. The lowest BCUT2D eigenvalue weighted by atomic mass is 9.83. The molecule has 3 aromatic rings. The fourth-order valence-corrected chi connectivity index (χ4v) is 5.42. The Kier molecular flexibility index (Phi) is 9.97. The van der Waals surface area contributed by atoms with E-state index in [9.17, 15) is 34.8 Å². The van der Waals surface area contributed by atoms with Gasteiger partial charge in [0.1, 0.15) is 18.3 Å². The van der Waals surface area contributed by atoms with Crippen molar-refractivity contribution in [3.8, 4) is 5.75 Å². The third kappa shape index (κ3) is 6.18. The minimum Gasteiger partial charge on any atom is -0.479 e. The Morgan fingerprint density at radius 2 is 1.49 bits per heavy atom. The first kappa shape index (κ1) is 31.8. The molecule has 12 heteroatoms. The number of carbonyl (C=O) groups is 2. The van der Waals surface area contributed by atoms with Gasteiger partial charge in [-0.1, -0.05) is 74.5 Å². The van der Waals surface area contributed by atoms with Crippen LogP contribution in [-0.2, 0) is 9.53 Å². The number of hydrogen-bond acceptors (Lipinski definition) is 9. The monoisotopic (exact) mass is 595 g/mol. The third-order valence-electron chi connectivity index (χ3n) is 7.50. The maximum Gasteiger partial charge on any atom is 0.335 e. The van der Waals surface area contributed by atoms with E-state index in [0.29, 0.717) is 0 Å². The van der Waals surface area contributed by atoms with Crippen molar-refractivity contribution < 1.29 is 39.5 Å². The fraction of sp³-hybridized carbons (Fsp3) is 0.419. The molecule has 3 heterocycles. The lowest BCUT2D eigenvalue weighted by molar-refractivity contribution is -0.271. The fourth-order valence-electron chi connectivity index (χ4n) is 5.42. The van der Waals surface area contributed by atoms with Crippen molar-refractivity contribution in [1.82, 2.24) is 14.7 Å². The van der Waals surface area contributed by atoms with Crippen molar-refractivity contribution >= 4 is 11.9 Å². The highest BCUT2D eigenvalue weighted by atomic mass is 16.7. The van der Waals surface area contributed by atoms with Crippen LogP contribution in [-0.4, -0.2) is 90.3 Å². The van der Waals surface area contributed by atoms with E-state index in [4.69, 9.17) is 9.47 Å². The van der Waals surface area contributed by atoms with Gasteiger partial charge in [-0.25, -0.2) is 4.79 Å². The maximum absolute atomic E-state index is 13.8. The predicted molar refractivity (Wildman–Crippen MR) is 155 cm³/mol. The largest absolute Gasteiger partial charge is 0.479 e. The summed E-state index contributed by atoms with van der Waals surface area (Å²) in [4.78, 5) is 40.2. The van der Waals surface area contributed by atoms with Gasteiger partial charge in [0.2, 0.25) is 17.5 Å². The van der Waals surface area contributed by atoms with E-state index in [1.54, 1.807) is 4.90 Å². The van der Waals surface area contributed by atoms with Gasteiger partial charge in [-0.15, -0.1) is 0 Å². The molecule has 2 aliphatic heterocycles. The molecule has 12 nitrogen and oxygen atoms in total. The highest BCUT2D eigenvalue weighted by Gasteiger charge is 2.49. The SMILES string of the molecule is CC.CC(C)N1C[C@H](C(c2ccccc2)c2ccccc2)n2ncc(=O)c(O[C@@H]3OC(C(=O)O)[C@@H](O)C(O)C3O)c2C1=O. The van der Waals surface area contributed by atoms with Crippen molar-refractivity contribution in [1.29, 1.82) is 0 Å². The van der Waals surface area contributed by atoms with Crippen molar-refractivity contribution in [3.63, 3.8) is 0 Å². The first-order valence-electron chi connectivity index (χ1n) is 14.2. The topological polar surface area (TPSA) is 172 Å². The highest BCUT2D eigenvalue weighted by molar-refractivity contribution is 5.96. The van der Waals surface area contributed by atoms with Gasteiger partial charge < -0.3 is 34.8 Å². The van der Waals surface area contributed by atoms with Crippen LogP contribution in [0, 0.1) is 0 Å². The van der Waals surface area contributed by atoms with Gasteiger partial charge in [-0.3, -0.25) is 14.3 Å². The van der Waals surface area contributed by atoms with Crippen molar-refractivity contribution in [3.05, 3.63) is 93.9 Å². The van der Waals surface area contributed by atoms with Gasteiger partial charge in [0.25, 0.3) is 5.91 Å². The number of benzene rings is 2. The smallest absolute Gasteiger partial charge is 0.335 e. The maximum atomic E-state index is 13.8. The minimum atomic E-state index is -1.95. The molecule has 1 aromatic heterocycles. The van der Waals surface area contributed by atoms with E-state index in [0.717, 1.165) is 17.3 Å². The van der Waals surface area contributed by atoms with Crippen LogP contribution < -0.4 is 10.2 Å². The van der Waals surface area contributed by atoms with Gasteiger partial charge in [-0.05, 0) is 25.0 Å². The standard InChI is InChI=1S/C29H31N3O9.C2H6/c1-15(2)31-14-18(20(16-9-5-3-6-10-16)17-11-7-4-8-12-17)32-21(27(31)37)25(19(33)13-30-32)40-29-24(36)22(34)23(35)26(41-29)28(38)39;1-2/h3-13,15,18,20,22-24,26,29,34-36H,14H2,1-2H3,(H,38,39);1-2H3/t18-,22?,23+,24?,26?,29-;/m1./s1. The molecule has 1 saturated heterocycles. The number of amides is 1. The van der Waals surface area contributed by atoms with E-state index < -0.39 is 59.8 Å². The van der Waals surface area contributed by atoms with Crippen molar-refractivity contribution in [2.75, 3.05) is 6.54 Å². The van der Waals surface area contributed by atoms with Crippen LogP contribution in [0.2, 0.25) is 0 Å². The second-order valence-corrected chi connectivity index (χ2v) is 10.4. The first-order valence-corrected chi connectivity index (χ1v) is 14.2. The lowest BCUT2D eigenvalue weighted by Gasteiger charge is -2.42. The van der Waals surface area contributed by atoms with Crippen LogP contribution >= 0.6 is 0 Å². The molecule has 230 valence electrons.